The summed E-state index contributed by atoms with van der Waals surface area (Å²) in [5, 5.41) is 0. The zero-order valence-electron chi connectivity index (χ0n) is 12.3. The van der Waals surface area contributed by atoms with E-state index in [-0.39, 0.29) is 6.04 Å². The van der Waals surface area contributed by atoms with E-state index in [1.165, 1.54) is 31.6 Å². The lowest BCUT2D eigenvalue weighted by atomic mass is 10.0. The van der Waals surface area contributed by atoms with Gasteiger partial charge in [0.1, 0.15) is 0 Å². The van der Waals surface area contributed by atoms with Crippen LogP contribution in [-0.2, 0) is 0 Å². The zero-order valence-corrected chi connectivity index (χ0v) is 12.3. The third-order valence-electron chi connectivity index (χ3n) is 4.14. The summed E-state index contributed by atoms with van der Waals surface area (Å²) in [6.07, 6.45) is 2.31. The van der Waals surface area contributed by atoms with E-state index in [1.807, 2.05) is 6.07 Å². The van der Waals surface area contributed by atoms with Gasteiger partial charge in [0.05, 0.1) is 0 Å². The second-order valence-electron chi connectivity index (χ2n) is 5.81. The first-order valence-electron chi connectivity index (χ1n) is 7.40. The summed E-state index contributed by atoms with van der Waals surface area (Å²) >= 11 is 0. The predicted octanol–water partition coefficient (Wildman–Crippen LogP) is 2.10. The fourth-order valence-corrected chi connectivity index (χ4v) is 2.93. The molecule has 1 aromatic rings. The van der Waals surface area contributed by atoms with Crippen LogP contribution < -0.4 is 5.73 Å². The lowest BCUT2D eigenvalue weighted by Gasteiger charge is -2.28. The van der Waals surface area contributed by atoms with Gasteiger partial charge in [-0.3, -0.25) is 4.90 Å². The van der Waals surface area contributed by atoms with E-state index in [0.717, 1.165) is 13.0 Å². The first-order chi connectivity index (χ1) is 9.16. The van der Waals surface area contributed by atoms with Crippen molar-refractivity contribution >= 4 is 0 Å². The molecule has 0 aromatic heterocycles. The highest BCUT2D eigenvalue weighted by atomic mass is 15.2. The number of hydrogen-bond donors (Lipinski definition) is 1. The molecule has 0 radical (unpaired) electrons. The van der Waals surface area contributed by atoms with Crippen molar-refractivity contribution in [3.63, 3.8) is 0 Å². The van der Waals surface area contributed by atoms with Crippen LogP contribution >= 0.6 is 0 Å². The van der Waals surface area contributed by atoms with Gasteiger partial charge < -0.3 is 10.6 Å². The van der Waals surface area contributed by atoms with Gasteiger partial charge in [-0.25, -0.2) is 0 Å². The molecular formula is C16H27N3. The molecule has 0 spiro atoms. The lowest BCUT2D eigenvalue weighted by molar-refractivity contribution is 0.196. The number of likely N-dealkylation sites (N-methyl/N-ethyl adjacent to an activating group) is 1. The first kappa shape index (κ1) is 14.5. The fourth-order valence-electron chi connectivity index (χ4n) is 2.93. The van der Waals surface area contributed by atoms with Gasteiger partial charge in [-0.1, -0.05) is 30.3 Å². The van der Waals surface area contributed by atoms with Crippen molar-refractivity contribution in [1.29, 1.82) is 0 Å². The van der Waals surface area contributed by atoms with Gasteiger partial charge in [0.25, 0.3) is 0 Å². The lowest BCUT2D eigenvalue weighted by Crippen LogP contribution is -2.39. The van der Waals surface area contributed by atoms with Crippen molar-refractivity contribution in [1.82, 2.24) is 9.80 Å². The summed E-state index contributed by atoms with van der Waals surface area (Å²) in [5.74, 6) is 0. The molecule has 0 bridgehead atoms. The van der Waals surface area contributed by atoms with E-state index in [9.17, 15) is 0 Å². The van der Waals surface area contributed by atoms with Crippen LogP contribution in [0.5, 0.6) is 0 Å². The quantitative estimate of drug-likeness (QED) is 0.901. The van der Waals surface area contributed by atoms with Crippen molar-refractivity contribution in [3.05, 3.63) is 35.9 Å². The summed E-state index contributed by atoms with van der Waals surface area (Å²) in [6.45, 7) is 7.01. The van der Waals surface area contributed by atoms with Gasteiger partial charge in [0, 0.05) is 25.2 Å². The average Bonchev–Trinajstić information content (AvgIpc) is 2.58. The summed E-state index contributed by atoms with van der Waals surface area (Å²) in [6, 6.07) is 11.2. The molecule has 1 heterocycles. The van der Waals surface area contributed by atoms with E-state index in [2.05, 4.69) is 48.0 Å². The van der Waals surface area contributed by atoms with Crippen LogP contribution in [0.3, 0.4) is 0 Å². The van der Waals surface area contributed by atoms with Crippen molar-refractivity contribution in [2.45, 2.75) is 31.8 Å². The number of nitrogens with two attached hydrogens (primary N) is 1. The van der Waals surface area contributed by atoms with Gasteiger partial charge in [0.15, 0.2) is 0 Å². The Kier molecular flexibility index (Phi) is 5.37. The second-order valence-corrected chi connectivity index (χ2v) is 5.81. The molecule has 1 aliphatic heterocycles. The van der Waals surface area contributed by atoms with Gasteiger partial charge in [-0.05, 0) is 45.5 Å². The fraction of sp³-hybridized carbons (Fsp3) is 0.625. The predicted molar refractivity (Wildman–Crippen MR) is 81.1 cm³/mol. The minimum Gasteiger partial charge on any atom is -0.324 e. The summed E-state index contributed by atoms with van der Waals surface area (Å²) in [4.78, 5) is 5.02. The Morgan fingerprint density at radius 3 is 2.74 bits per heavy atom. The maximum atomic E-state index is 6.29. The van der Waals surface area contributed by atoms with Crippen LogP contribution in [0, 0.1) is 0 Å². The molecule has 2 atom stereocenters. The van der Waals surface area contributed by atoms with Gasteiger partial charge >= 0.3 is 0 Å². The molecule has 0 saturated carbocycles. The molecule has 1 aromatic carbocycles. The van der Waals surface area contributed by atoms with Crippen LogP contribution in [0.2, 0.25) is 0 Å². The number of rotatable bonds is 4. The van der Waals surface area contributed by atoms with Crippen LogP contribution in [0.1, 0.15) is 31.4 Å². The molecule has 0 amide bonds. The van der Waals surface area contributed by atoms with E-state index in [0.29, 0.717) is 6.04 Å². The van der Waals surface area contributed by atoms with E-state index in [4.69, 9.17) is 5.73 Å². The molecule has 1 saturated heterocycles. The molecule has 2 N–H and O–H groups in total. The van der Waals surface area contributed by atoms with Crippen molar-refractivity contribution in [3.8, 4) is 0 Å². The smallest absolute Gasteiger partial charge is 0.0307 e. The Bertz CT molecular complexity index is 366. The van der Waals surface area contributed by atoms with Crippen molar-refractivity contribution < 1.29 is 0 Å². The molecule has 2 unspecified atom stereocenters. The van der Waals surface area contributed by atoms with E-state index in [1.54, 1.807) is 0 Å². The monoisotopic (exact) mass is 261 g/mol. The molecule has 2 rings (SSSR count). The summed E-state index contributed by atoms with van der Waals surface area (Å²) in [7, 11) is 2.22. The Morgan fingerprint density at radius 1 is 1.26 bits per heavy atom. The normalized spacial score (nSPS) is 24.1. The van der Waals surface area contributed by atoms with Crippen molar-refractivity contribution in [2.24, 2.45) is 5.73 Å². The molecule has 0 aliphatic carbocycles. The highest BCUT2D eigenvalue weighted by Gasteiger charge is 2.19. The maximum Gasteiger partial charge on any atom is 0.0307 e. The SMILES string of the molecule is CC1CN(C)CCCN1CCC(N)c1ccccc1. The summed E-state index contributed by atoms with van der Waals surface area (Å²) in [5.41, 5.74) is 7.54. The van der Waals surface area contributed by atoms with Gasteiger partial charge in [-0.15, -0.1) is 0 Å². The minimum atomic E-state index is 0.161. The Hall–Kier alpha value is -0.900. The Labute approximate surface area is 117 Å². The van der Waals surface area contributed by atoms with Crippen LogP contribution in [0.4, 0.5) is 0 Å². The number of hydrogen-bond acceptors (Lipinski definition) is 3. The molecule has 106 valence electrons. The highest BCUT2D eigenvalue weighted by molar-refractivity contribution is 5.18. The molecule has 19 heavy (non-hydrogen) atoms. The average molecular weight is 261 g/mol. The molecule has 3 heteroatoms. The number of benzene rings is 1. The maximum absolute atomic E-state index is 6.29. The molecular weight excluding hydrogens is 234 g/mol. The van der Waals surface area contributed by atoms with Crippen molar-refractivity contribution in [2.75, 3.05) is 33.2 Å². The van der Waals surface area contributed by atoms with Gasteiger partial charge in [0.2, 0.25) is 0 Å². The van der Waals surface area contributed by atoms with Crippen LogP contribution in [0.25, 0.3) is 0 Å². The first-order valence-corrected chi connectivity index (χ1v) is 7.40. The Morgan fingerprint density at radius 2 is 2.00 bits per heavy atom. The highest BCUT2D eigenvalue weighted by Crippen LogP contribution is 2.16. The Balaban J connectivity index is 1.84. The topological polar surface area (TPSA) is 32.5 Å². The van der Waals surface area contributed by atoms with E-state index >= 15 is 0 Å². The minimum absolute atomic E-state index is 0.161. The molecule has 1 aliphatic rings. The van der Waals surface area contributed by atoms with Crippen LogP contribution in [-0.4, -0.2) is 49.1 Å². The summed E-state index contributed by atoms with van der Waals surface area (Å²) < 4.78 is 0. The molecule has 1 fully saturated rings. The standard InChI is InChI=1S/C16H27N3/c1-14-13-18(2)10-6-11-19(14)12-9-16(17)15-7-4-3-5-8-15/h3-5,7-8,14,16H,6,9-13,17H2,1-2H3. The zero-order chi connectivity index (χ0) is 13.7. The third kappa shape index (κ3) is 4.30. The van der Waals surface area contributed by atoms with Crippen LogP contribution in [0.15, 0.2) is 30.3 Å². The largest absolute Gasteiger partial charge is 0.324 e. The molecule has 3 nitrogen and oxygen atoms in total. The van der Waals surface area contributed by atoms with Gasteiger partial charge in [-0.2, -0.15) is 0 Å². The van der Waals surface area contributed by atoms with E-state index < -0.39 is 0 Å². The number of nitrogens with zero attached hydrogens (tertiary/aromatic N) is 2. The second kappa shape index (κ2) is 7.04. The third-order valence-corrected chi connectivity index (χ3v) is 4.14.